The first-order valence-electron chi connectivity index (χ1n) is 13.7. The van der Waals surface area contributed by atoms with E-state index in [0.717, 1.165) is 21.0 Å². The maximum atomic E-state index is 14.2. The molecule has 1 atom stereocenters. The fourth-order valence-electron chi connectivity index (χ4n) is 4.49. The molecule has 0 radical (unpaired) electrons. The Morgan fingerprint density at radius 1 is 0.927 bits per heavy atom. The smallest absolute Gasteiger partial charge is 0.264 e. The Hall–Kier alpha value is -3.85. The number of ether oxygens (including phenoxy) is 1. The highest BCUT2D eigenvalue weighted by molar-refractivity contribution is 7.92. The zero-order valence-electron chi connectivity index (χ0n) is 25.0. The van der Waals surface area contributed by atoms with Crippen LogP contribution in [0.5, 0.6) is 5.75 Å². The van der Waals surface area contributed by atoms with Crippen molar-refractivity contribution in [2.45, 2.75) is 71.0 Å². The van der Waals surface area contributed by atoms with Crippen LogP contribution in [0, 0.1) is 13.8 Å². The number of hydrogen-bond acceptors (Lipinski definition) is 5. The van der Waals surface area contributed by atoms with Crippen LogP contribution >= 0.6 is 0 Å². The zero-order valence-corrected chi connectivity index (χ0v) is 25.8. The van der Waals surface area contributed by atoms with E-state index in [9.17, 15) is 18.0 Å². The van der Waals surface area contributed by atoms with Crippen LogP contribution in [-0.4, -0.2) is 50.4 Å². The van der Waals surface area contributed by atoms with Gasteiger partial charge in [0, 0.05) is 12.1 Å². The molecule has 0 aliphatic heterocycles. The molecule has 0 aliphatic rings. The number of nitrogens with one attached hydrogen (secondary N) is 1. The number of methoxy groups -OCH3 is 1. The zero-order chi connectivity index (χ0) is 30.4. The van der Waals surface area contributed by atoms with Gasteiger partial charge in [-0.1, -0.05) is 61.0 Å². The summed E-state index contributed by atoms with van der Waals surface area (Å²) in [5.41, 5.74) is 2.43. The predicted molar refractivity (Wildman–Crippen MR) is 162 cm³/mol. The van der Waals surface area contributed by atoms with Crippen LogP contribution in [0.25, 0.3) is 0 Å². The highest BCUT2D eigenvalue weighted by Gasteiger charge is 2.35. The first-order chi connectivity index (χ1) is 19.3. The first kappa shape index (κ1) is 31.7. The normalized spacial score (nSPS) is 12.4. The molecule has 0 bridgehead atoms. The molecule has 0 fully saturated rings. The van der Waals surface area contributed by atoms with E-state index in [2.05, 4.69) is 5.32 Å². The summed E-state index contributed by atoms with van der Waals surface area (Å²) in [5, 5.41) is 2.98. The van der Waals surface area contributed by atoms with Crippen molar-refractivity contribution < 1.29 is 22.7 Å². The molecule has 3 rings (SSSR count). The van der Waals surface area contributed by atoms with Gasteiger partial charge < -0.3 is 15.0 Å². The number of anilines is 1. The number of benzene rings is 3. The summed E-state index contributed by atoms with van der Waals surface area (Å²) >= 11 is 0. The molecule has 1 N–H and O–H groups in total. The molecule has 0 saturated heterocycles. The van der Waals surface area contributed by atoms with Crippen LogP contribution in [0.2, 0.25) is 0 Å². The van der Waals surface area contributed by atoms with Gasteiger partial charge in [-0.05, 0) is 76.4 Å². The second-order valence-electron chi connectivity index (χ2n) is 11.2. The molecule has 41 heavy (non-hydrogen) atoms. The minimum atomic E-state index is -4.19. The van der Waals surface area contributed by atoms with Crippen LogP contribution in [0.15, 0.2) is 77.7 Å². The van der Waals surface area contributed by atoms with Crippen molar-refractivity contribution in [3.05, 3.63) is 89.5 Å². The number of rotatable bonds is 11. The predicted octanol–water partition coefficient (Wildman–Crippen LogP) is 5.23. The number of hydrogen-bond donors (Lipinski definition) is 1. The van der Waals surface area contributed by atoms with Crippen molar-refractivity contribution in [1.82, 2.24) is 10.2 Å². The number of amides is 2. The largest absolute Gasteiger partial charge is 0.495 e. The van der Waals surface area contributed by atoms with E-state index in [0.29, 0.717) is 12.2 Å². The molecule has 0 aliphatic carbocycles. The monoisotopic (exact) mass is 579 g/mol. The van der Waals surface area contributed by atoms with Gasteiger partial charge in [-0.25, -0.2) is 8.42 Å². The molecule has 220 valence electrons. The number of aryl methyl sites for hydroxylation is 2. The summed E-state index contributed by atoms with van der Waals surface area (Å²) in [6, 6.07) is 20.0. The van der Waals surface area contributed by atoms with Crippen LogP contribution < -0.4 is 14.4 Å². The lowest BCUT2D eigenvalue weighted by molar-refractivity contribution is -0.141. The van der Waals surface area contributed by atoms with Gasteiger partial charge >= 0.3 is 0 Å². The van der Waals surface area contributed by atoms with E-state index >= 15 is 0 Å². The molecule has 0 aromatic heterocycles. The summed E-state index contributed by atoms with van der Waals surface area (Å²) < 4.78 is 34.7. The standard InChI is InChI=1S/C32H41N3O5S/c1-8-27(31(37)33-32(4,5)6)34(21-25-17-14-23(2)15-18-25)30(36)22-35(28-20-24(3)16-19-29(28)40-7)41(38,39)26-12-10-9-11-13-26/h9-20,27H,8,21-22H2,1-7H3,(H,33,37). The Morgan fingerprint density at radius 3 is 2.10 bits per heavy atom. The summed E-state index contributed by atoms with van der Waals surface area (Å²) in [4.78, 5) is 29.2. The molecule has 0 spiro atoms. The SMILES string of the molecule is CCC(C(=O)NC(C)(C)C)N(Cc1ccc(C)cc1)C(=O)CN(c1cc(C)ccc1OC)S(=O)(=O)c1ccccc1. The topological polar surface area (TPSA) is 96.0 Å². The first-order valence-corrected chi connectivity index (χ1v) is 15.1. The highest BCUT2D eigenvalue weighted by Crippen LogP contribution is 2.33. The summed E-state index contributed by atoms with van der Waals surface area (Å²) in [7, 11) is -2.73. The third-order valence-corrected chi connectivity index (χ3v) is 8.34. The van der Waals surface area contributed by atoms with E-state index in [-0.39, 0.29) is 23.0 Å². The van der Waals surface area contributed by atoms with Crippen molar-refractivity contribution in [2.75, 3.05) is 18.0 Å². The van der Waals surface area contributed by atoms with Crippen molar-refractivity contribution in [3.8, 4) is 5.75 Å². The Bertz CT molecular complexity index is 1450. The number of carbonyl (C=O) groups excluding carboxylic acids is 2. The lowest BCUT2D eigenvalue weighted by atomic mass is 10.1. The third kappa shape index (κ3) is 8.10. The van der Waals surface area contributed by atoms with Gasteiger partial charge in [0.1, 0.15) is 18.3 Å². The summed E-state index contributed by atoms with van der Waals surface area (Å²) in [6.07, 6.45) is 0.346. The van der Waals surface area contributed by atoms with Crippen molar-refractivity contribution in [3.63, 3.8) is 0 Å². The average Bonchev–Trinajstić information content (AvgIpc) is 2.92. The Labute approximate surface area is 244 Å². The van der Waals surface area contributed by atoms with Crippen molar-refractivity contribution in [2.24, 2.45) is 0 Å². The lowest BCUT2D eigenvalue weighted by Crippen LogP contribution is -2.55. The van der Waals surface area contributed by atoms with Gasteiger partial charge in [0.05, 0.1) is 17.7 Å². The molecule has 0 saturated carbocycles. The quantitative estimate of drug-likeness (QED) is 0.336. The van der Waals surface area contributed by atoms with Gasteiger partial charge in [-0.3, -0.25) is 13.9 Å². The Balaban J connectivity index is 2.12. The summed E-state index contributed by atoms with van der Waals surface area (Å²) in [6.45, 7) is 10.9. The number of sulfonamides is 1. The van der Waals surface area contributed by atoms with Gasteiger partial charge in [-0.2, -0.15) is 0 Å². The van der Waals surface area contributed by atoms with E-state index in [4.69, 9.17) is 4.74 Å². The second kappa shape index (κ2) is 13.2. The molecule has 9 heteroatoms. The maximum Gasteiger partial charge on any atom is 0.264 e. The number of carbonyl (C=O) groups is 2. The minimum Gasteiger partial charge on any atom is -0.495 e. The van der Waals surface area contributed by atoms with Gasteiger partial charge in [0.2, 0.25) is 11.8 Å². The fraction of sp³-hybridized carbons (Fsp3) is 0.375. The highest BCUT2D eigenvalue weighted by atomic mass is 32.2. The molecular formula is C32H41N3O5S. The molecule has 2 amide bonds. The van der Waals surface area contributed by atoms with Crippen LogP contribution in [0.3, 0.4) is 0 Å². The lowest BCUT2D eigenvalue weighted by Gasteiger charge is -2.35. The van der Waals surface area contributed by atoms with E-state index < -0.39 is 34.1 Å². The van der Waals surface area contributed by atoms with Crippen LogP contribution in [0.1, 0.15) is 50.8 Å². The Kier molecular flexibility index (Phi) is 10.2. The molecule has 0 heterocycles. The fourth-order valence-corrected chi connectivity index (χ4v) is 5.93. The number of nitrogens with zero attached hydrogens (tertiary/aromatic N) is 2. The molecule has 1 unspecified atom stereocenters. The van der Waals surface area contributed by atoms with Crippen LogP contribution in [-0.2, 0) is 26.2 Å². The van der Waals surface area contributed by atoms with Gasteiger partial charge in [-0.15, -0.1) is 0 Å². The second-order valence-corrected chi connectivity index (χ2v) is 13.0. The van der Waals surface area contributed by atoms with E-state index in [1.807, 2.05) is 71.9 Å². The van der Waals surface area contributed by atoms with E-state index in [1.54, 1.807) is 30.3 Å². The van der Waals surface area contributed by atoms with E-state index in [1.165, 1.54) is 24.1 Å². The van der Waals surface area contributed by atoms with Gasteiger partial charge in [0.15, 0.2) is 0 Å². The average molecular weight is 580 g/mol. The van der Waals surface area contributed by atoms with Gasteiger partial charge in [0.25, 0.3) is 10.0 Å². The molecular weight excluding hydrogens is 538 g/mol. The third-order valence-electron chi connectivity index (χ3n) is 6.57. The maximum absolute atomic E-state index is 14.2. The molecule has 8 nitrogen and oxygen atoms in total. The van der Waals surface area contributed by atoms with Crippen molar-refractivity contribution >= 4 is 27.5 Å². The van der Waals surface area contributed by atoms with Crippen molar-refractivity contribution in [1.29, 1.82) is 0 Å². The van der Waals surface area contributed by atoms with Crippen LogP contribution in [0.4, 0.5) is 5.69 Å². The Morgan fingerprint density at radius 2 is 1.54 bits per heavy atom. The summed E-state index contributed by atoms with van der Waals surface area (Å²) in [5.74, 6) is -0.499. The molecule has 3 aromatic carbocycles. The minimum absolute atomic E-state index is 0.0407. The molecule has 3 aromatic rings.